The summed E-state index contributed by atoms with van der Waals surface area (Å²) in [5.74, 6) is 0.707. The van der Waals surface area contributed by atoms with Gasteiger partial charge in [0.15, 0.2) is 5.69 Å². The van der Waals surface area contributed by atoms with Crippen LogP contribution in [-0.2, 0) is 12.6 Å². The van der Waals surface area contributed by atoms with Crippen LogP contribution in [0.25, 0.3) is 0 Å². The lowest BCUT2D eigenvalue weighted by Crippen LogP contribution is -2.37. The fourth-order valence-electron chi connectivity index (χ4n) is 2.29. The molecule has 2 nitrogen and oxygen atoms in total. The SMILES string of the molecule is C[C@H]1CCNC(CCc2nc(C(F)(F)F)cs2)C1. The van der Waals surface area contributed by atoms with E-state index in [1.807, 2.05) is 0 Å². The quantitative estimate of drug-likeness (QED) is 0.915. The first-order valence-corrected chi connectivity index (χ1v) is 7.08. The molecule has 2 rings (SSSR count). The Morgan fingerprint density at radius 2 is 2.28 bits per heavy atom. The predicted octanol–water partition coefficient (Wildman–Crippen LogP) is 3.48. The van der Waals surface area contributed by atoms with Gasteiger partial charge in [0.25, 0.3) is 0 Å². The number of halogens is 3. The Bertz CT molecular complexity index is 389. The Morgan fingerprint density at radius 3 is 2.89 bits per heavy atom. The number of thiazole rings is 1. The minimum atomic E-state index is -4.31. The number of aryl methyl sites for hydroxylation is 1. The number of aromatic nitrogens is 1. The predicted molar refractivity (Wildman–Crippen MR) is 65.6 cm³/mol. The number of rotatable bonds is 3. The van der Waals surface area contributed by atoms with Gasteiger partial charge in [0.1, 0.15) is 0 Å². The van der Waals surface area contributed by atoms with Gasteiger partial charge in [-0.2, -0.15) is 13.2 Å². The Morgan fingerprint density at radius 1 is 1.50 bits per heavy atom. The summed E-state index contributed by atoms with van der Waals surface area (Å²) in [6, 6.07) is 0.423. The summed E-state index contributed by atoms with van der Waals surface area (Å²) in [4.78, 5) is 3.65. The van der Waals surface area contributed by atoms with Gasteiger partial charge >= 0.3 is 6.18 Å². The van der Waals surface area contributed by atoms with E-state index in [0.717, 1.165) is 36.1 Å². The Labute approximate surface area is 109 Å². The molecular weight excluding hydrogens is 261 g/mol. The number of nitrogens with zero attached hydrogens (tertiary/aromatic N) is 1. The Hall–Kier alpha value is -0.620. The third kappa shape index (κ3) is 3.68. The molecule has 2 atom stereocenters. The lowest BCUT2D eigenvalue weighted by molar-refractivity contribution is -0.140. The molecule has 0 aromatic carbocycles. The van der Waals surface area contributed by atoms with Gasteiger partial charge in [-0.15, -0.1) is 11.3 Å². The monoisotopic (exact) mass is 278 g/mol. The van der Waals surface area contributed by atoms with Crippen LogP contribution in [0.15, 0.2) is 5.38 Å². The van der Waals surface area contributed by atoms with Crippen molar-refractivity contribution in [3.05, 3.63) is 16.1 Å². The maximum atomic E-state index is 12.4. The molecule has 0 amide bonds. The maximum Gasteiger partial charge on any atom is 0.434 e. The fraction of sp³-hybridized carbons (Fsp3) is 0.750. The molecule has 0 bridgehead atoms. The average Bonchev–Trinajstić information content (AvgIpc) is 2.74. The first kappa shape index (κ1) is 13.8. The number of piperidine rings is 1. The first-order valence-electron chi connectivity index (χ1n) is 6.20. The van der Waals surface area contributed by atoms with Crippen molar-refractivity contribution < 1.29 is 13.2 Å². The van der Waals surface area contributed by atoms with Crippen molar-refractivity contribution in [3.63, 3.8) is 0 Å². The molecule has 18 heavy (non-hydrogen) atoms. The standard InChI is InChI=1S/C12H17F3N2S/c1-8-4-5-16-9(6-8)2-3-11-17-10(7-18-11)12(13,14)15/h7-9,16H,2-6H2,1H3/t8-,9?/m0/s1. The zero-order chi connectivity index (χ0) is 13.2. The lowest BCUT2D eigenvalue weighted by atomic mass is 9.92. The van der Waals surface area contributed by atoms with Crippen LogP contribution in [0.2, 0.25) is 0 Å². The van der Waals surface area contributed by atoms with Crippen LogP contribution in [0.5, 0.6) is 0 Å². The van der Waals surface area contributed by atoms with Crippen molar-refractivity contribution in [1.82, 2.24) is 10.3 Å². The fourth-order valence-corrected chi connectivity index (χ4v) is 3.12. The average molecular weight is 278 g/mol. The van der Waals surface area contributed by atoms with Crippen molar-refractivity contribution in [3.8, 4) is 0 Å². The number of nitrogens with one attached hydrogen (secondary N) is 1. The van der Waals surface area contributed by atoms with Gasteiger partial charge in [-0.3, -0.25) is 0 Å². The van der Waals surface area contributed by atoms with Gasteiger partial charge in [-0.1, -0.05) is 6.92 Å². The van der Waals surface area contributed by atoms with Crippen LogP contribution < -0.4 is 5.32 Å². The van der Waals surface area contributed by atoms with Crippen LogP contribution in [-0.4, -0.2) is 17.6 Å². The van der Waals surface area contributed by atoms with Crippen molar-refractivity contribution in [1.29, 1.82) is 0 Å². The van der Waals surface area contributed by atoms with Crippen molar-refractivity contribution in [2.45, 2.75) is 44.8 Å². The van der Waals surface area contributed by atoms with Crippen LogP contribution in [0, 0.1) is 5.92 Å². The van der Waals surface area contributed by atoms with E-state index in [1.165, 1.54) is 6.42 Å². The maximum absolute atomic E-state index is 12.4. The molecule has 1 unspecified atom stereocenters. The summed E-state index contributed by atoms with van der Waals surface area (Å²) in [6.07, 6.45) is -0.518. The van der Waals surface area contributed by atoms with Gasteiger partial charge in [-0.25, -0.2) is 4.98 Å². The molecular formula is C12H17F3N2S. The Kier molecular flexibility index (Phi) is 4.27. The summed E-state index contributed by atoms with van der Waals surface area (Å²) in [7, 11) is 0. The molecule has 1 aromatic rings. The summed E-state index contributed by atoms with van der Waals surface area (Å²) < 4.78 is 37.1. The molecule has 1 aliphatic rings. The van der Waals surface area contributed by atoms with Crippen LogP contribution in [0.1, 0.15) is 36.9 Å². The second kappa shape index (κ2) is 5.57. The van der Waals surface area contributed by atoms with E-state index < -0.39 is 11.9 Å². The molecule has 1 saturated heterocycles. The van der Waals surface area contributed by atoms with Crippen molar-refractivity contribution in [2.75, 3.05) is 6.54 Å². The minimum absolute atomic E-state index is 0.423. The second-order valence-electron chi connectivity index (χ2n) is 4.94. The highest BCUT2D eigenvalue weighted by molar-refractivity contribution is 7.09. The molecule has 2 heterocycles. The zero-order valence-corrected chi connectivity index (χ0v) is 11.1. The third-order valence-electron chi connectivity index (χ3n) is 3.31. The topological polar surface area (TPSA) is 24.9 Å². The smallest absolute Gasteiger partial charge is 0.314 e. The van der Waals surface area contributed by atoms with Gasteiger partial charge in [0.05, 0.1) is 5.01 Å². The highest BCUT2D eigenvalue weighted by Crippen LogP contribution is 2.30. The zero-order valence-electron chi connectivity index (χ0n) is 10.3. The summed E-state index contributed by atoms with van der Waals surface area (Å²) in [6.45, 7) is 3.23. The number of alkyl halides is 3. The van der Waals surface area contributed by atoms with Gasteiger partial charge in [0.2, 0.25) is 0 Å². The highest BCUT2D eigenvalue weighted by Gasteiger charge is 2.33. The van der Waals surface area contributed by atoms with Crippen LogP contribution in [0.3, 0.4) is 0 Å². The normalized spacial score (nSPS) is 25.3. The van der Waals surface area contributed by atoms with Crippen molar-refractivity contribution in [2.24, 2.45) is 5.92 Å². The van der Waals surface area contributed by atoms with Crippen LogP contribution >= 0.6 is 11.3 Å². The molecule has 0 saturated carbocycles. The van der Waals surface area contributed by atoms with E-state index in [-0.39, 0.29) is 0 Å². The molecule has 0 spiro atoms. The van der Waals surface area contributed by atoms with Gasteiger partial charge < -0.3 is 5.32 Å². The lowest BCUT2D eigenvalue weighted by Gasteiger charge is -2.27. The first-order chi connectivity index (χ1) is 8.45. The van der Waals surface area contributed by atoms with E-state index in [0.29, 0.717) is 23.4 Å². The third-order valence-corrected chi connectivity index (χ3v) is 4.21. The molecule has 1 aliphatic heterocycles. The molecule has 102 valence electrons. The van der Waals surface area contributed by atoms with E-state index >= 15 is 0 Å². The molecule has 0 radical (unpaired) electrons. The summed E-state index contributed by atoms with van der Waals surface area (Å²) >= 11 is 1.11. The number of hydrogen-bond acceptors (Lipinski definition) is 3. The van der Waals surface area contributed by atoms with E-state index in [1.54, 1.807) is 0 Å². The largest absolute Gasteiger partial charge is 0.434 e. The minimum Gasteiger partial charge on any atom is -0.314 e. The van der Waals surface area contributed by atoms with Gasteiger partial charge in [0, 0.05) is 17.8 Å². The molecule has 1 N–H and O–H groups in total. The van der Waals surface area contributed by atoms with Crippen LogP contribution in [0.4, 0.5) is 13.2 Å². The van der Waals surface area contributed by atoms with E-state index in [2.05, 4.69) is 17.2 Å². The summed E-state index contributed by atoms with van der Waals surface area (Å²) in [5.41, 5.74) is -0.757. The molecule has 1 fully saturated rings. The Balaban J connectivity index is 1.85. The highest BCUT2D eigenvalue weighted by atomic mass is 32.1. The van der Waals surface area contributed by atoms with E-state index in [4.69, 9.17) is 0 Å². The molecule has 6 heteroatoms. The molecule has 0 aliphatic carbocycles. The second-order valence-corrected chi connectivity index (χ2v) is 5.89. The summed E-state index contributed by atoms with van der Waals surface area (Å²) in [5, 5.41) is 5.10. The van der Waals surface area contributed by atoms with Crippen molar-refractivity contribution >= 4 is 11.3 Å². The van der Waals surface area contributed by atoms with Gasteiger partial charge in [-0.05, 0) is 31.7 Å². The molecule has 1 aromatic heterocycles. The number of hydrogen-bond donors (Lipinski definition) is 1. The van der Waals surface area contributed by atoms with E-state index in [9.17, 15) is 13.2 Å².